The first-order chi connectivity index (χ1) is 21.3. The van der Waals surface area contributed by atoms with Crippen LogP contribution < -0.4 is 5.32 Å². The minimum absolute atomic E-state index is 0.183. The minimum atomic E-state index is -0.943. The highest BCUT2D eigenvalue weighted by Crippen LogP contribution is 2.51. The lowest BCUT2D eigenvalue weighted by molar-refractivity contribution is -0.152. The van der Waals surface area contributed by atoms with E-state index in [9.17, 15) is 19.5 Å². The first-order valence-electron chi connectivity index (χ1n) is 15.2. The summed E-state index contributed by atoms with van der Waals surface area (Å²) in [5.41, 5.74) is 1.71. The number of carbonyl (C=O) groups is 3. The molecule has 3 saturated carbocycles. The number of ether oxygens (including phenoxy) is 1. The molecule has 236 valence electrons. The van der Waals surface area contributed by atoms with Crippen LogP contribution in [0.1, 0.15) is 68.8 Å². The Kier molecular flexibility index (Phi) is 7.87. The number of amides is 2. The third-order valence-electron chi connectivity index (χ3n) is 9.20. The van der Waals surface area contributed by atoms with Crippen LogP contribution in [-0.4, -0.2) is 69.0 Å². The molecule has 0 unspecified atom stereocenters. The summed E-state index contributed by atoms with van der Waals surface area (Å²) in [6, 6.07) is 15.5. The maximum atomic E-state index is 14.4. The van der Waals surface area contributed by atoms with Crippen molar-refractivity contribution < 1.29 is 29.1 Å². The zero-order chi connectivity index (χ0) is 32.1. The lowest BCUT2D eigenvalue weighted by atomic mass is 9.56. The fraction of sp³-hybridized carbons (Fsp3) is 0.441. The molecule has 2 amide bonds. The Balaban J connectivity index is 1.30. The topological polar surface area (TPSA) is 130 Å². The maximum absolute atomic E-state index is 14.4. The molecule has 0 radical (unpaired) electrons. The van der Waals surface area contributed by atoms with Crippen molar-refractivity contribution in [2.45, 2.75) is 77.0 Å². The molecule has 1 aliphatic heterocycles. The van der Waals surface area contributed by atoms with Gasteiger partial charge in [0.25, 0.3) is 5.91 Å². The molecule has 3 aromatic rings. The Bertz CT molecular complexity index is 1700. The number of pyridine rings is 1. The summed E-state index contributed by atoms with van der Waals surface area (Å²) in [5.74, 6) is -1.13. The van der Waals surface area contributed by atoms with Gasteiger partial charge in [-0.25, -0.2) is 9.78 Å². The molecule has 1 aromatic heterocycles. The van der Waals surface area contributed by atoms with Gasteiger partial charge in [-0.1, -0.05) is 51.4 Å². The second kappa shape index (κ2) is 11.4. The Morgan fingerprint density at radius 3 is 2.40 bits per heavy atom. The molecule has 3 aliphatic carbocycles. The molecular weight excluding hydrogens is 640 g/mol. The average molecular weight is 678 g/mol. The standard InChI is InChI=1S/C34H37BrN4O6/c1-20-27(24-16-22(35)10-11-25(24)36-28(20)21-8-6-5-7-9-21)29(40)37-34-14-12-33(13-15-34,30(41)42)17-26(34)38-45-23-18-39(19-23)31(43)44-32(2,3)4/h5-11,16,23H,12-15,17-19H2,1-4H3,(H,37,40)(H,41,42)/b38-26+. The molecule has 11 heteroatoms. The first-order valence-corrected chi connectivity index (χ1v) is 16.0. The molecule has 0 atom stereocenters. The number of likely N-dealkylation sites (tertiary alicyclic amines) is 1. The van der Waals surface area contributed by atoms with Crippen LogP contribution in [0.15, 0.2) is 58.2 Å². The summed E-state index contributed by atoms with van der Waals surface area (Å²) >= 11 is 3.55. The molecule has 2 aromatic carbocycles. The van der Waals surface area contributed by atoms with Crippen molar-refractivity contribution in [3.05, 3.63) is 64.1 Å². The van der Waals surface area contributed by atoms with Crippen molar-refractivity contribution in [2.75, 3.05) is 13.1 Å². The number of carboxylic acid groups (broad SMARTS) is 1. The first kappa shape index (κ1) is 31.0. The fourth-order valence-electron chi connectivity index (χ4n) is 6.62. The number of oxime groups is 1. The monoisotopic (exact) mass is 676 g/mol. The minimum Gasteiger partial charge on any atom is -0.481 e. The van der Waals surface area contributed by atoms with Crippen LogP contribution in [0.4, 0.5) is 4.79 Å². The second-order valence-electron chi connectivity index (χ2n) is 13.4. The van der Waals surface area contributed by atoms with Crippen LogP contribution in [0.25, 0.3) is 22.2 Å². The zero-order valence-electron chi connectivity index (χ0n) is 25.9. The maximum Gasteiger partial charge on any atom is 0.410 e. The average Bonchev–Trinajstić information content (AvgIpc) is 2.96. The number of rotatable bonds is 6. The van der Waals surface area contributed by atoms with E-state index in [1.165, 1.54) is 0 Å². The normalized spacial score (nSPS) is 23.9. The Morgan fingerprint density at radius 2 is 1.76 bits per heavy atom. The van der Waals surface area contributed by atoms with E-state index >= 15 is 0 Å². The Hall–Kier alpha value is -3.99. The van der Waals surface area contributed by atoms with Gasteiger partial charge in [-0.2, -0.15) is 0 Å². The van der Waals surface area contributed by atoms with Gasteiger partial charge in [-0.05, 0) is 77.1 Å². The molecule has 2 bridgehead atoms. The number of hydrogen-bond donors (Lipinski definition) is 2. The summed E-state index contributed by atoms with van der Waals surface area (Å²) in [6.07, 6.45) is 1.13. The summed E-state index contributed by atoms with van der Waals surface area (Å²) in [5, 5.41) is 18.7. The van der Waals surface area contributed by atoms with E-state index in [1.807, 2.05) is 76.2 Å². The Morgan fingerprint density at radius 1 is 1.07 bits per heavy atom. The Labute approximate surface area is 270 Å². The summed E-state index contributed by atoms with van der Waals surface area (Å²) in [6.45, 7) is 7.97. The van der Waals surface area contributed by atoms with Crippen molar-refractivity contribution in [1.82, 2.24) is 15.2 Å². The predicted molar refractivity (Wildman–Crippen MR) is 173 cm³/mol. The lowest BCUT2D eigenvalue weighted by Gasteiger charge is -2.51. The number of nitrogens with one attached hydrogen (secondary N) is 1. The van der Waals surface area contributed by atoms with Gasteiger partial charge in [0.2, 0.25) is 0 Å². The van der Waals surface area contributed by atoms with E-state index in [-0.39, 0.29) is 18.4 Å². The largest absolute Gasteiger partial charge is 0.481 e. The van der Waals surface area contributed by atoms with Crippen LogP contribution in [0.3, 0.4) is 0 Å². The van der Waals surface area contributed by atoms with Crippen LogP contribution in [-0.2, 0) is 14.4 Å². The van der Waals surface area contributed by atoms with Crippen LogP contribution in [0.2, 0.25) is 0 Å². The number of halogens is 1. The van der Waals surface area contributed by atoms with Gasteiger partial charge in [-0.15, -0.1) is 0 Å². The van der Waals surface area contributed by atoms with E-state index < -0.39 is 28.6 Å². The van der Waals surface area contributed by atoms with E-state index in [4.69, 9.17) is 14.6 Å². The van der Waals surface area contributed by atoms with Crippen LogP contribution in [0, 0.1) is 12.3 Å². The third kappa shape index (κ3) is 5.90. The van der Waals surface area contributed by atoms with E-state index in [1.54, 1.807) is 4.90 Å². The molecular formula is C34H37BrN4O6. The van der Waals surface area contributed by atoms with Gasteiger partial charge in [-0.3, -0.25) is 9.59 Å². The van der Waals surface area contributed by atoms with Crippen molar-refractivity contribution >= 4 is 50.5 Å². The highest BCUT2D eigenvalue weighted by atomic mass is 79.9. The molecule has 10 nitrogen and oxygen atoms in total. The number of fused-ring (bicyclic) bond motifs is 4. The predicted octanol–water partition coefficient (Wildman–Crippen LogP) is 6.48. The third-order valence-corrected chi connectivity index (χ3v) is 9.70. The van der Waals surface area contributed by atoms with Crippen molar-refractivity contribution in [2.24, 2.45) is 10.6 Å². The zero-order valence-corrected chi connectivity index (χ0v) is 27.4. The number of hydrogen-bond acceptors (Lipinski definition) is 7. The number of carbonyl (C=O) groups excluding carboxylic acids is 2. The lowest BCUT2D eigenvalue weighted by Crippen LogP contribution is -2.64. The number of nitrogens with zero attached hydrogens (tertiary/aromatic N) is 3. The highest BCUT2D eigenvalue weighted by Gasteiger charge is 2.57. The van der Waals surface area contributed by atoms with Crippen molar-refractivity contribution in [3.63, 3.8) is 0 Å². The molecule has 7 rings (SSSR count). The second-order valence-corrected chi connectivity index (χ2v) is 14.4. The van der Waals surface area contributed by atoms with Gasteiger partial charge in [0.15, 0.2) is 6.10 Å². The van der Waals surface area contributed by atoms with Crippen molar-refractivity contribution in [1.29, 1.82) is 0 Å². The van der Waals surface area contributed by atoms with E-state index in [0.29, 0.717) is 61.0 Å². The summed E-state index contributed by atoms with van der Waals surface area (Å²) in [4.78, 5) is 51.5. The molecule has 0 spiro atoms. The van der Waals surface area contributed by atoms with Gasteiger partial charge in [0.05, 0.1) is 46.5 Å². The number of carboxylic acids is 1. The van der Waals surface area contributed by atoms with Gasteiger partial charge in [0, 0.05) is 21.8 Å². The molecule has 45 heavy (non-hydrogen) atoms. The molecule has 1 saturated heterocycles. The molecule has 4 fully saturated rings. The van der Waals surface area contributed by atoms with Gasteiger partial charge < -0.3 is 24.9 Å². The summed E-state index contributed by atoms with van der Waals surface area (Å²) in [7, 11) is 0. The van der Waals surface area contributed by atoms with E-state index in [0.717, 1.165) is 21.3 Å². The SMILES string of the molecule is Cc1c(-c2ccccc2)nc2ccc(Br)cc2c1C(=O)NC12CCC(C(=O)O)(CC1)C/C2=N\OC1CN(C(=O)OC(C)(C)C)C1. The van der Waals surface area contributed by atoms with Crippen LogP contribution >= 0.6 is 15.9 Å². The molecule has 4 aliphatic rings. The fourth-order valence-corrected chi connectivity index (χ4v) is 6.98. The summed E-state index contributed by atoms with van der Waals surface area (Å²) < 4.78 is 6.25. The number of aromatic nitrogens is 1. The van der Waals surface area contributed by atoms with Crippen LogP contribution in [0.5, 0.6) is 0 Å². The van der Waals surface area contributed by atoms with Crippen molar-refractivity contribution in [3.8, 4) is 11.3 Å². The smallest absolute Gasteiger partial charge is 0.410 e. The molecule has 2 N–H and O–H groups in total. The number of aliphatic carboxylic acids is 1. The molecule has 2 heterocycles. The number of benzene rings is 2. The highest BCUT2D eigenvalue weighted by molar-refractivity contribution is 9.10. The van der Waals surface area contributed by atoms with Gasteiger partial charge in [0.1, 0.15) is 5.60 Å². The van der Waals surface area contributed by atoms with Gasteiger partial charge >= 0.3 is 12.1 Å². The van der Waals surface area contributed by atoms with E-state index in [2.05, 4.69) is 26.4 Å². The quantitative estimate of drug-likeness (QED) is 0.286.